The number of ether oxygens (including phenoxy) is 1. The Balaban J connectivity index is 2.16. The van der Waals surface area contributed by atoms with Gasteiger partial charge in [0.05, 0.1) is 25.0 Å². The van der Waals surface area contributed by atoms with Crippen LogP contribution in [0.2, 0.25) is 0 Å². The summed E-state index contributed by atoms with van der Waals surface area (Å²) in [4.78, 5) is 0. The molecular formula is C18H28FN3O. The molecule has 1 fully saturated rings. The summed E-state index contributed by atoms with van der Waals surface area (Å²) in [7, 11) is 0. The van der Waals surface area contributed by atoms with Crippen LogP contribution in [-0.2, 0) is 11.3 Å². The molecule has 0 aromatic carbocycles. The molecule has 0 spiro atoms. The fourth-order valence-electron chi connectivity index (χ4n) is 2.41. The normalized spacial score (nSPS) is 19.3. The average molecular weight is 321 g/mol. The van der Waals surface area contributed by atoms with Crippen molar-refractivity contribution in [1.29, 1.82) is 0 Å². The number of aromatic nitrogens is 3. The van der Waals surface area contributed by atoms with Crippen molar-refractivity contribution in [3.05, 3.63) is 35.1 Å². The summed E-state index contributed by atoms with van der Waals surface area (Å²) < 4.78 is 21.4. The molecule has 128 valence electrons. The first-order valence-corrected chi connectivity index (χ1v) is 8.38. The molecule has 0 radical (unpaired) electrons. The third-order valence-corrected chi connectivity index (χ3v) is 4.90. The van der Waals surface area contributed by atoms with Crippen LogP contribution in [0.25, 0.3) is 0 Å². The van der Waals surface area contributed by atoms with Gasteiger partial charge in [-0.05, 0) is 52.0 Å². The molecule has 5 heteroatoms. The zero-order valence-electron chi connectivity index (χ0n) is 14.9. The molecule has 1 aliphatic rings. The third kappa shape index (κ3) is 4.66. The lowest BCUT2D eigenvalue weighted by Gasteiger charge is -2.30. The van der Waals surface area contributed by atoms with Gasteiger partial charge in [0.1, 0.15) is 11.6 Å². The summed E-state index contributed by atoms with van der Waals surface area (Å²) in [6.07, 6.45) is 6.92. The second kappa shape index (κ2) is 7.28. The minimum atomic E-state index is -0.264. The van der Waals surface area contributed by atoms with Crippen LogP contribution in [0.15, 0.2) is 29.4 Å². The van der Waals surface area contributed by atoms with E-state index in [-0.39, 0.29) is 11.2 Å². The topological polar surface area (TPSA) is 39.9 Å². The molecule has 1 unspecified atom stereocenters. The predicted octanol–water partition coefficient (Wildman–Crippen LogP) is 4.58. The second-order valence-electron chi connectivity index (χ2n) is 6.93. The van der Waals surface area contributed by atoms with Crippen molar-refractivity contribution >= 4 is 0 Å². The summed E-state index contributed by atoms with van der Waals surface area (Å²) in [5.41, 5.74) is 2.00. The van der Waals surface area contributed by atoms with E-state index >= 15 is 0 Å². The van der Waals surface area contributed by atoms with Crippen LogP contribution in [0.1, 0.15) is 52.7 Å². The van der Waals surface area contributed by atoms with Gasteiger partial charge in [-0.3, -0.25) is 0 Å². The molecule has 0 aliphatic heterocycles. The van der Waals surface area contributed by atoms with Gasteiger partial charge in [-0.2, -0.15) is 0 Å². The van der Waals surface area contributed by atoms with Crippen molar-refractivity contribution < 1.29 is 9.13 Å². The maximum Gasteiger partial charge on any atom is 0.150 e. The van der Waals surface area contributed by atoms with Crippen molar-refractivity contribution in [2.24, 2.45) is 11.3 Å². The van der Waals surface area contributed by atoms with Crippen molar-refractivity contribution in [2.45, 2.75) is 60.4 Å². The van der Waals surface area contributed by atoms with Crippen LogP contribution < -0.4 is 0 Å². The highest BCUT2D eigenvalue weighted by Crippen LogP contribution is 2.35. The molecule has 23 heavy (non-hydrogen) atoms. The van der Waals surface area contributed by atoms with Gasteiger partial charge in [0.2, 0.25) is 0 Å². The van der Waals surface area contributed by atoms with Gasteiger partial charge in [-0.15, -0.1) is 5.10 Å². The van der Waals surface area contributed by atoms with Crippen molar-refractivity contribution in [2.75, 3.05) is 6.61 Å². The molecule has 1 atom stereocenters. The first-order chi connectivity index (χ1) is 10.9. The standard InChI is InChI=1S/C18H28FN3O/c1-6-18(5,12-22-14(3)10-20-21-22)13(2)9-17(15(4)19)23-11-16-7-8-16/h9-10,16H,6-8,11-12H2,1-5H3. The van der Waals surface area contributed by atoms with Crippen molar-refractivity contribution in [1.82, 2.24) is 15.0 Å². The van der Waals surface area contributed by atoms with Gasteiger partial charge in [-0.25, -0.2) is 9.07 Å². The number of rotatable bonds is 8. The molecular weight excluding hydrogens is 293 g/mol. The highest BCUT2D eigenvalue weighted by atomic mass is 19.1. The van der Waals surface area contributed by atoms with Crippen molar-refractivity contribution in [3.63, 3.8) is 0 Å². The van der Waals surface area contributed by atoms with E-state index < -0.39 is 0 Å². The van der Waals surface area contributed by atoms with E-state index in [4.69, 9.17) is 4.74 Å². The molecule has 0 N–H and O–H groups in total. The van der Waals surface area contributed by atoms with Gasteiger partial charge >= 0.3 is 0 Å². The fraction of sp³-hybridized carbons (Fsp3) is 0.667. The third-order valence-electron chi connectivity index (χ3n) is 4.90. The zero-order chi connectivity index (χ0) is 17.0. The lowest BCUT2D eigenvalue weighted by Crippen LogP contribution is -2.25. The number of allylic oxidation sites excluding steroid dienone is 3. The Morgan fingerprint density at radius 2 is 2.17 bits per heavy atom. The Labute approximate surface area is 138 Å². The lowest BCUT2D eigenvalue weighted by atomic mass is 9.80. The molecule has 1 saturated carbocycles. The molecule has 0 bridgehead atoms. The molecule has 4 nitrogen and oxygen atoms in total. The smallest absolute Gasteiger partial charge is 0.150 e. The Bertz CT molecular complexity index is 597. The zero-order valence-corrected chi connectivity index (χ0v) is 14.9. The maximum absolute atomic E-state index is 13.8. The van der Waals surface area contributed by atoms with Crippen molar-refractivity contribution in [3.8, 4) is 0 Å². The Kier molecular flexibility index (Phi) is 5.60. The highest BCUT2D eigenvalue weighted by Gasteiger charge is 2.27. The van der Waals surface area contributed by atoms with E-state index in [1.54, 1.807) is 6.20 Å². The summed E-state index contributed by atoms with van der Waals surface area (Å²) in [5, 5.41) is 8.08. The first-order valence-electron chi connectivity index (χ1n) is 8.38. The number of hydrogen-bond acceptors (Lipinski definition) is 3. The van der Waals surface area contributed by atoms with Crippen LogP contribution in [0.5, 0.6) is 0 Å². The highest BCUT2D eigenvalue weighted by molar-refractivity contribution is 5.24. The monoisotopic (exact) mass is 321 g/mol. The molecule has 0 amide bonds. The molecule has 1 heterocycles. The minimum absolute atomic E-state index is 0.123. The largest absolute Gasteiger partial charge is 0.491 e. The van der Waals surface area contributed by atoms with Gasteiger partial charge in [-0.1, -0.05) is 24.6 Å². The summed E-state index contributed by atoms with van der Waals surface area (Å²) in [5.74, 6) is 0.707. The Hall–Kier alpha value is -1.65. The molecule has 1 aromatic rings. The van der Waals surface area contributed by atoms with Gasteiger partial charge in [0, 0.05) is 5.41 Å². The summed E-state index contributed by atoms with van der Waals surface area (Å²) in [6.45, 7) is 11.1. The molecule has 2 rings (SSSR count). The number of nitrogens with zero attached hydrogens (tertiary/aromatic N) is 3. The van der Waals surface area contributed by atoms with E-state index in [9.17, 15) is 4.39 Å². The van der Waals surface area contributed by atoms with E-state index in [0.717, 1.165) is 24.2 Å². The van der Waals surface area contributed by atoms with E-state index in [1.807, 2.05) is 24.6 Å². The van der Waals surface area contributed by atoms with Crippen LogP contribution in [-0.4, -0.2) is 21.6 Å². The van der Waals surface area contributed by atoms with Gasteiger partial charge in [0.25, 0.3) is 0 Å². The van der Waals surface area contributed by atoms with Crippen LogP contribution in [0.3, 0.4) is 0 Å². The molecule has 1 aromatic heterocycles. The van der Waals surface area contributed by atoms with Gasteiger partial charge < -0.3 is 4.74 Å². The quantitative estimate of drug-likeness (QED) is 0.520. The maximum atomic E-state index is 13.8. The average Bonchev–Trinajstić information content (AvgIpc) is 3.26. The van der Waals surface area contributed by atoms with E-state index in [0.29, 0.717) is 18.3 Å². The van der Waals surface area contributed by atoms with Gasteiger partial charge in [0.15, 0.2) is 0 Å². The van der Waals surface area contributed by atoms with E-state index in [1.165, 1.54) is 19.8 Å². The molecule has 0 saturated heterocycles. The Morgan fingerprint density at radius 1 is 1.48 bits per heavy atom. The number of halogens is 1. The number of hydrogen-bond donors (Lipinski definition) is 0. The first kappa shape index (κ1) is 17.7. The molecule has 1 aliphatic carbocycles. The van der Waals surface area contributed by atoms with Crippen LogP contribution in [0, 0.1) is 18.3 Å². The van der Waals surface area contributed by atoms with E-state index in [2.05, 4.69) is 24.2 Å². The summed E-state index contributed by atoms with van der Waals surface area (Å²) >= 11 is 0. The van der Waals surface area contributed by atoms with Crippen LogP contribution in [0.4, 0.5) is 4.39 Å². The summed E-state index contributed by atoms with van der Waals surface area (Å²) in [6, 6.07) is 0. The predicted molar refractivity (Wildman–Crippen MR) is 89.4 cm³/mol. The number of aryl methyl sites for hydroxylation is 1. The fourth-order valence-corrected chi connectivity index (χ4v) is 2.41. The minimum Gasteiger partial charge on any atom is -0.491 e. The SMILES string of the molecule is CCC(C)(Cn1nncc1C)C(C)=CC(OCC1CC1)=C(C)F. The Morgan fingerprint density at radius 3 is 2.65 bits per heavy atom. The lowest BCUT2D eigenvalue weighted by molar-refractivity contribution is 0.199. The second-order valence-corrected chi connectivity index (χ2v) is 6.93. The van der Waals surface area contributed by atoms with Crippen LogP contribution >= 0.6 is 0 Å².